The van der Waals surface area contributed by atoms with E-state index >= 15 is 0 Å². The molecule has 0 aliphatic rings. The number of aromatic nitrogens is 1. The number of oxazole rings is 1. The molecule has 0 amide bonds. The number of fused-ring (bicyclic) bond motifs is 1. The normalized spacial score (nSPS) is 11.9. The topological polar surface area (TPSA) is 72.2 Å². The first-order valence-corrected chi connectivity index (χ1v) is 9.45. The molecular formula is C18H20N2O3S. The minimum atomic E-state index is -3.34. The van der Waals surface area contributed by atoms with E-state index in [1.54, 1.807) is 6.92 Å². The number of hydrogen-bond acceptors (Lipinski definition) is 4. The predicted molar refractivity (Wildman–Crippen MR) is 94.3 cm³/mol. The molecule has 3 aromatic rings. The summed E-state index contributed by atoms with van der Waals surface area (Å²) in [7, 11) is -3.34. The second kappa shape index (κ2) is 6.75. The third kappa shape index (κ3) is 4.21. The van der Waals surface area contributed by atoms with Crippen molar-refractivity contribution >= 4 is 21.1 Å². The zero-order chi connectivity index (χ0) is 17.2. The highest BCUT2D eigenvalue weighted by molar-refractivity contribution is 7.88. The van der Waals surface area contributed by atoms with Gasteiger partial charge in [0, 0.05) is 13.5 Å². The minimum Gasteiger partial charge on any atom is -0.441 e. The van der Waals surface area contributed by atoms with Crippen molar-refractivity contribution in [3.8, 4) is 0 Å². The molecule has 0 radical (unpaired) electrons. The summed E-state index contributed by atoms with van der Waals surface area (Å²) in [6.45, 7) is 4.11. The third-order valence-electron chi connectivity index (χ3n) is 3.73. The van der Waals surface area contributed by atoms with E-state index in [0.717, 1.165) is 27.8 Å². The molecule has 5 nitrogen and oxygen atoms in total. The number of rotatable bonds is 6. The van der Waals surface area contributed by atoms with Gasteiger partial charge in [0.2, 0.25) is 10.0 Å². The van der Waals surface area contributed by atoms with Crippen molar-refractivity contribution in [3.05, 3.63) is 65.0 Å². The Morgan fingerprint density at radius 3 is 2.71 bits per heavy atom. The molecule has 0 unspecified atom stereocenters. The zero-order valence-electron chi connectivity index (χ0n) is 13.7. The Kier molecular flexibility index (Phi) is 4.69. The van der Waals surface area contributed by atoms with Gasteiger partial charge in [-0.25, -0.2) is 18.1 Å². The van der Waals surface area contributed by atoms with Gasteiger partial charge in [-0.2, -0.15) is 0 Å². The van der Waals surface area contributed by atoms with Crippen molar-refractivity contribution in [2.75, 3.05) is 6.54 Å². The Morgan fingerprint density at radius 2 is 1.92 bits per heavy atom. The lowest BCUT2D eigenvalue weighted by atomic mass is 10.1. The summed E-state index contributed by atoms with van der Waals surface area (Å²) in [4.78, 5) is 4.29. The molecule has 24 heavy (non-hydrogen) atoms. The molecule has 0 fully saturated rings. The van der Waals surface area contributed by atoms with Crippen molar-refractivity contribution in [1.82, 2.24) is 9.71 Å². The average molecular weight is 344 g/mol. The van der Waals surface area contributed by atoms with Crippen molar-refractivity contribution in [2.45, 2.75) is 26.0 Å². The molecule has 126 valence electrons. The summed E-state index contributed by atoms with van der Waals surface area (Å²) >= 11 is 0. The molecule has 0 atom stereocenters. The van der Waals surface area contributed by atoms with Crippen LogP contribution in [0.3, 0.4) is 0 Å². The van der Waals surface area contributed by atoms with E-state index in [1.807, 2.05) is 49.4 Å². The van der Waals surface area contributed by atoms with Gasteiger partial charge in [-0.3, -0.25) is 0 Å². The fourth-order valence-electron chi connectivity index (χ4n) is 2.67. The molecule has 3 rings (SSSR count). The lowest BCUT2D eigenvalue weighted by molar-refractivity contribution is 0.561. The fourth-order valence-corrected chi connectivity index (χ4v) is 3.80. The van der Waals surface area contributed by atoms with Crippen molar-refractivity contribution < 1.29 is 12.8 Å². The van der Waals surface area contributed by atoms with Crippen LogP contribution in [-0.4, -0.2) is 19.9 Å². The van der Waals surface area contributed by atoms with Gasteiger partial charge in [-0.1, -0.05) is 35.9 Å². The number of sulfonamides is 1. The molecule has 6 heteroatoms. The molecule has 0 saturated heterocycles. The predicted octanol–water partition coefficient (Wildman–Crippen LogP) is 3.11. The van der Waals surface area contributed by atoms with Gasteiger partial charge >= 0.3 is 0 Å². The van der Waals surface area contributed by atoms with E-state index in [9.17, 15) is 8.42 Å². The summed E-state index contributed by atoms with van der Waals surface area (Å²) in [5.41, 5.74) is 4.42. The minimum absolute atomic E-state index is 0.00377. The molecular weight excluding hydrogens is 324 g/mol. The van der Waals surface area contributed by atoms with Crippen LogP contribution in [0, 0.1) is 13.8 Å². The monoisotopic (exact) mass is 344 g/mol. The van der Waals surface area contributed by atoms with Crippen LogP contribution in [0.1, 0.15) is 22.6 Å². The number of benzene rings is 2. The first-order valence-electron chi connectivity index (χ1n) is 7.80. The van der Waals surface area contributed by atoms with E-state index < -0.39 is 10.0 Å². The summed E-state index contributed by atoms with van der Waals surface area (Å²) in [5.74, 6) is 0.622. The maximum Gasteiger partial charge on any atom is 0.215 e. The van der Waals surface area contributed by atoms with Crippen LogP contribution in [0.4, 0.5) is 0 Å². The van der Waals surface area contributed by atoms with Gasteiger partial charge in [0.15, 0.2) is 11.5 Å². The Labute approximate surface area is 141 Å². The summed E-state index contributed by atoms with van der Waals surface area (Å²) in [6.07, 6.45) is 0.606. The van der Waals surface area contributed by atoms with Gasteiger partial charge in [-0.05, 0) is 36.6 Å². The average Bonchev–Trinajstić information content (AvgIpc) is 2.86. The maximum absolute atomic E-state index is 12.2. The van der Waals surface area contributed by atoms with Crippen LogP contribution in [0.15, 0.2) is 46.9 Å². The van der Waals surface area contributed by atoms with Crippen molar-refractivity contribution in [3.63, 3.8) is 0 Å². The smallest absolute Gasteiger partial charge is 0.215 e. The highest BCUT2D eigenvalue weighted by Crippen LogP contribution is 2.17. The second-order valence-corrected chi connectivity index (χ2v) is 7.73. The summed E-state index contributed by atoms with van der Waals surface area (Å²) < 4.78 is 32.4. The SMILES string of the molecule is Cc1cccc(CS(=O)(=O)NCCc2ccc3oc(C)nc3c2)c1. The third-order valence-corrected chi connectivity index (χ3v) is 5.09. The van der Waals surface area contributed by atoms with Gasteiger partial charge in [0.1, 0.15) is 5.52 Å². The number of nitrogens with zero attached hydrogens (tertiary/aromatic N) is 1. The molecule has 0 bridgehead atoms. The van der Waals surface area contributed by atoms with E-state index in [4.69, 9.17) is 4.42 Å². The second-order valence-electron chi connectivity index (χ2n) is 5.93. The summed E-state index contributed by atoms with van der Waals surface area (Å²) in [5, 5.41) is 0. The lowest BCUT2D eigenvalue weighted by Crippen LogP contribution is -2.27. The van der Waals surface area contributed by atoms with E-state index in [0.29, 0.717) is 18.9 Å². The van der Waals surface area contributed by atoms with Crippen LogP contribution >= 0.6 is 0 Å². The molecule has 0 saturated carbocycles. The first kappa shape index (κ1) is 16.7. The highest BCUT2D eigenvalue weighted by atomic mass is 32.2. The van der Waals surface area contributed by atoms with Crippen molar-refractivity contribution in [2.24, 2.45) is 0 Å². The lowest BCUT2D eigenvalue weighted by Gasteiger charge is -2.07. The number of aryl methyl sites for hydroxylation is 2. The van der Waals surface area contributed by atoms with Gasteiger partial charge < -0.3 is 4.42 Å². The van der Waals surface area contributed by atoms with Gasteiger partial charge in [0.25, 0.3) is 0 Å². The van der Waals surface area contributed by atoms with E-state index in [1.165, 1.54) is 0 Å². The van der Waals surface area contributed by atoms with Gasteiger partial charge in [0.05, 0.1) is 5.75 Å². The quantitative estimate of drug-likeness (QED) is 0.746. The molecule has 1 aromatic heterocycles. The molecule has 0 spiro atoms. The molecule has 1 heterocycles. The Balaban J connectivity index is 1.59. The van der Waals surface area contributed by atoms with Crippen LogP contribution in [0.5, 0.6) is 0 Å². The van der Waals surface area contributed by atoms with Crippen LogP contribution in [-0.2, 0) is 22.2 Å². The number of nitrogens with one attached hydrogen (secondary N) is 1. The Morgan fingerprint density at radius 1 is 1.08 bits per heavy atom. The van der Waals surface area contributed by atoms with Crippen LogP contribution in [0.25, 0.3) is 11.1 Å². The summed E-state index contributed by atoms with van der Waals surface area (Å²) in [6, 6.07) is 13.3. The van der Waals surface area contributed by atoms with Crippen LogP contribution in [0.2, 0.25) is 0 Å². The Bertz CT molecular complexity index is 961. The van der Waals surface area contributed by atoms with Crippen molar-refractivity contribution in [1.29, 1.82) is 0 Å². The van der Waals surface area contributed by atoms with E-state index in [-0.39, 0.29) is 5.75 Å². The van der Waals surface area contributed by atoms with E-state index in [2.05, 4.69) is 9.71 Å². The highest BCUT2D eigenvalue weighted by Gasteiger charge is 2.11. The fraction of sp³-hybridized carbons (Fsp3) is 0.278. The first-order chi connectivity index (χ1) is 11.4. The maximum atomic E-state index is 12.2. The molecule has 0 aliphatic carbocycles. The molecule has 2 aromatic carbocycles. The largest absolute Gasteiger partial charge is 0.441 e. The zero-order valence-corrected chi connectivity index (χ0v) is 14.6. The number of hydrogen-bond donors (Lipinski definition) is 1. The standard InChI is InChI=1S/C18H20N2O3S/c1-13-4-3-5-16(10-13)12-24(21,22)19-9-8-15-6-7-18-17(11-15)20-14(2)23-18/h3-7,10-11,19H,8-9,12H2,1-2H3. The Hall–Kier alpha value is -2.18. The van der Waals surface area contributed by atoms with Gasteiger partial charge in [-0.15, -0.1) is 0 Å². The van der Waals surface area contributed by atoms with Crippen LogP contribution < -0.4 is 4.72 Å². The molecule has 0 aliphatic heterocycles. The molecule has 1 N–H and O–H groups in total.